The molecule has 3 heterocycles. The molecule has 1 aliphatic heterocycles. The maximum atomic E-state index is 13.0. The van der Waals surface area contributed by atoms with Gasteiger partial charge in [0.15, 0.2) is 0 Å². The van der Waals surface area contributed by atoms with Gasteiger partial charge in [0.05, 0.1) is 16.3 Å². The van der Waals surface area contributed by atoms with Gasteiger partial charge < -0.3 is 5.32 Å². The van der Waals surface area contributed by atoms with Gasteiger partial charge in [-0.05, 0) is 49.3 Å². The standard InChI is InChI=1S/C21H21N3O2S/c1-12-17-20(23-16-10-5-11-24(16)21(17)26)27-18(12)19(25)22-15-9-4-7-13-6-2-3-8-14(13)15/h2-3,6,8,15H,4-5,7,9-11H2,1H3,(H,22,25)/t15-/m1/s1. The van der Waals surface area contributed by atoms with E-state index >= 15 is 0 Å². The van der Waals surface area contributed by atoms with Gasteiger partial charge in [-0.25, -0.2) is 4.98 Å². The van der Waals surface area contributed by atoms with Crippen molar-refractivity contribution in [1.29, 1.82) is 0 Å². The number of thiophene rings is 1. The monoisotopic (exact) mass is 379 g/mol. The topological polar surface area (TPSA) is 64.0 Å². The van der Waals surface area contributed by atoms with Crippen molar-refractivity contribution in [3.05, 3.63) is 62.0 Å². The van der Waals surface area contributed by atoms with Crippen LogP contribution in [0.15, 0.2) is 29.1 Å². The fourth-order valence-corrected chi connectivity index (χ4v) is 5.51. The molecule has 1 aromatic carbocycles. The number of hydrogen-bond donors (Lipinski definition) is 1. The van der Waals surface area contributed by atoms with Gasteiger partial charge in [-0.2, -0.15) is 0 Å². The summed E-state index contributed by atoms with van der Waals surface area (Å²) < 4.78 is 1.76. The largest absolute Gasteiger partial charge is 0.345 e. The Labute approximate surface area is 161 Å². The molecule has 6 heteroatoms. The molecule has 5 rings (SSSR count). The molecule has 0 saturated carbocycles. The minimum absolute atomic E-state index is 0.00307. The van der Waals surface area contributed by atoms with Crippen molar-refractivity contribution in [2.45, 2.75) is 51.6 Å². The van der Waals surface area contributed by atoms with E-state index < -0.39 is 0 Å². The second kappa shape index (κ2) is 6.30. The molecular weight excluding hydrogens is 358 g/mol. The van der Waals surface area contributed by atoms with E-state index in [1.807, 2.05) is 13.0 Å². The Morgan fingerprint density at radius 1 is 1.26 bits per heavy atom. The van der Waals surface area contributed by atoms with Gasteiger partial charge in [-0.3, -0.25) is 14.2 Å². The predicted octanol–water partition coefficient (Wildman–Crippen LogP) is 3.52. The molecule has 0 fully saturated rings. The molecule has 1 amide bonds. The normalized spacial score (nSPS) is 18.3. The van der Waals surface area contributed by atoms with Crippen molar-refractivity contribution in [2.24, 2.45) is 0 Å². The molecule has 138 valence electrons. The number of nitrogens with zero attached hydrogens (tertiary/aromatic N) is 2. The number of fused-ring (bicyclic) bond motifs is 3. The maximum absolute atomic E-state index is 13.0. The summed E-state index contributed by atoms with van der Waals surface area (Å²) in [5, 5.41) is 3.82. The molecule has 2 aliphatic rings. The number of benzene rings is 1. The summed E-state index contributed by atoms with van der Waals surface area (Å²) in [5.41, 5.74) is 3.30. The first-order valence-electron chi connectivity index (χ1n) is 9.55. The highest BCUT2D eigenvalue weighted by Crippen LogP contribution is 2.32. The number of carbonyl (C=O) groups is 1. The van der Waals surface area contributed by atoms with Crippen LogP contribution in [-0.2, 0) is 19.4 Å². The molecule has 0 unspecified atom stereocenters. The minimum Gasteiger partial charge on any atom is -0.345 e. The summed E-state index contributed by atoms with van der Waals surface area (Å²) in [6.45, 7) is 2.60. The number of rotatable bonds is 2. The van der Waals surface area contributed by atoms with Crippen LogP contribution < -0.4 is 10.9 Å². The molecule has 1 aliphatic carbocycles. The van der Waals surface area contributed by atoms with Gasteiger partial charge in [-0.15, -0.1) is 11.3 Å². The van der Waals surface area contributed by atoms with Crippen molar-refractivity contribution in [2.75, 3.05) is 0 Å². The van der Waals surface area contributed by atoms with Crippen LogP contribution in [0.2, 0.25) is 0 Å². The summed E-state index contributed by atoms with van der Waals surface area (Å²) in [7, 11) is 0. The number of amides is 1. The lowest BCUT2D eigenvalue weighted by Crippen LogP contribution is -2.30. The van der Waals surface area contributed by atoms with Crippen LogP contribution in [0.5, 0.6) is 0 Å². The Bertz CT molecular complexity index is 1130. The first kappa shape index (κ1) is 16.7. The second-order valence-electron chi connectivity index (χ2n) is 7.44. The number of hydrogen-bond acceptors (Lipinski definition) is 4. The van der Waals surface area contributed by atoms with E-state index in [4.69, 9.17) is 0 Å². The molecular formula is C21H21N3O2S. The first-order chi connectivity index (χ1) is 13.1. The quantitative estimate of drug-likeness (QED) is 0.741. The zero-order chi connectivity index (χ0) is 18.5. The Hall–Kier alpha value is -2.47. The average Bonchev–Trinajstić information content (AvgIpc) is 3.27. The van der Waals surface area contributed by atoms with Crippen LogP contribution in [0, 0.1) is 6.92 Å². The molecule has 0 saturated heterocycles. The highest BCUT2D eigenvalue weighted by molar-refractivity contribution is 7.20. The summed E-state index contributed by atoms with van der Waals surface area (Å²) in [6, 6.07) is 8.37. The summed E-state index contributed by atoms with van der Waals surface area (Å²) in [4.78, 5) is 31.8. The molecule has 5 nitrogen and oxygen atoms in total. The average molecular weight is 379 g/mol. The first-order valence-corrected chi connectivity index (χ1v) is 10.4. The van der Waals surface area contributed by atoms with Crippen LogP contribution in [0.1, 0.15) is 57.5 Å². The molecule has 0 radical (unpaired) electrons. The van der Waals surface area contributed by atoms with Crippen molar-refractivity contribution < 1.29 is 4.79 Å². The predicted molar refractivity (Wildman–Crippen MR) is 107 cm³/mol. The van der Waals surface area contributed by atoms with Crippen LogP contribution >= 0.6 is 11.3 Å². The third kappa shape index (κ3) is 2.62. The Morgan fingerprint density at radius 2 is 2.11 bits per heavy atom. The van der Waals surface area contributed by atoms with E-state index in [0.717, 1.165) is 50.0 Å². The van der Waals surface area contributed by atoms with Gasteiger partial charge >= 0.3 is 0 Å². The van der Waals surface area contributed by atoms with E-state index in [1.54, 1.807) is 4.57 Å². The number of carbonyl (C=O) groups excluding carboxylic acids is 1. The van der Waals surface area contributed by atoms with Crippen LogP contribution in [0.4, 0.5) is 0 Å². The van der Waals surface area contributed by atoms with E-state index in [0.29, 0.717) is 15.1 Å². The molecule has 1 atom stereocenters. The summed E-state index contributed by atoms with van der Waals surface area (Å²) in [6.07, 6.45) is 4.89. The number of nitrogens with one attached hydrogen (secondary N) is 1. The zero-order valence-corrected chi connectivity index (χ0v) is 16.1. The molecule has 0 bridgehead atoms. The molecule has 0 spiro atoms. The lowest BCUT2D eigenvalue weighted by Gasteiger charge is -2.26. The van der Waals surface area contributed by atoms with E-state index in [1.165, 1.54) is 22.5 Å². The Balaban J connectivity index is 1.51. The van der Waals surface area contributed by atoms with E-state index in [2.05, 4.69) is 28.5 Å². The van der Waals surface area contributed by atoms with Gasteiger partial charge in [0.1, 0.15) is 10.7 Å². The van der Waals surface area contributed by atoms with Crippen molar-refractivity contribution in [1.82, 2.24) is 14.9 Å². The minimum atomic E-state index is -0.0956. The third-order valence-corrected chi connectivity index (χ3v) is 6.98. The highest BCUT2D eigenvalue weighted by atomic mass is 32.1. The highest BCUT2D eigenvalue weighted by Gasteiger charge is 2.26. The fourth-order valence-electron chi connectivity index (χ4n) is 4.42. The smallest absolute Gasteiger partial charge is 0.262 e. The van der Waals surface area contributed by atoms with Crippen LogP contribution in [-0.4, -0.2) is 15.5 Å². The van der Waals surface area contributed by atoms with Crippen LogP contribution in [0.3, 0.4) is 0 Å². The molecule has 3 aromatic rings. The maximum Gasteiger partial charge on any atom is 0.262 e. The molecule has 1 N–H and O–H groups in total. The lowest BCUT2D eigenvalue weighted by molar-refractivity contribution is 0.0936. The van der Waals surface area contributed by atoms with Crippen LogP contribution in [0.25, 0.3) is 10.2 Å². The van der Waals surface area contributed by atoms with Gasteiger partial charge in [0.2, 0.25) is 0 Å². The lowest BCUT2D eigenvalue weighted by atomic mass is 9.87. The third-order valence-electron chi connectivity index (χ3n) is 5.79. The van der Waals surface area contributed by atoms with Crippen molar-refractivity contribution >= 4 is 27.5 Å². The van der Waals surface area contributed by atoms with Crippen molar-refractivity contribution in [3.8, 4) is 0 Å². The summed E-state index contributed by atoms with van der Waals surface area (Å²) >= 11 is 1.35. The Kier molecular flexibility index (Phi) is 3.90. The number of aryl methyl sites for hydroxylation is 3. The van der Waals surface area contributed by atoms with Gasteiger partial charge in [-0.1, -0.05) is 24.3 Å². The number of aromatic nitrogens is 2. The van der Waals surface area contributed by atoms with Crippen molar-refractivity contribution in [3.63, 3.8) is 0 Å². The SMILES string of the molecule is Cc1c(C(=O)N[C@@H]2CCCc3ccccc32)sc2nc3n(c(=O)c12)CCC3. The second-order valence-corrected chi connectivity index (χ2v) is 8.44. The zero-order valence-electron chi connectivity index (χ0n) is 15.2. The Morgan fingerprint density at radius 3 is 3.00 bits per heavy atom. The summed E-state index contributed by atoms with van der Waals surface area (Å²) in [5.74, 6) is 0.753. The fraction of sp³-hybridized carbons (Fsp3) is 0.381. The van der Waals surface area contributed by atoms with E-state index in [-0.39, 0.29) is 17.5 Å². The molecule has 2 aromatic heterocycles. The van der Waals surface area contributed by atoms with E-state index in [9.17, 15) is 9.59 Å². The van der Waals surface area contributed by atoms with Gasteiger partial charge in [0.25, 0.3) is 11.5 Å². The molecule has 27 heavy (non-hydrogen) atoms. The van der Waals surface area contributed by atoms with Gasteiger partial charge in [0, 0.05) is 13.0 Å².